The molecule has 1 aliphatic heterocycles. The average molecular weight is 334 g/mol. The molecule has 0 spiro atoms. The molecule has 3 rings (SSSR count). The lowest BCUT2D eigenvalue weighted by Crippen LogP contribution is -2.30. The maximum Gasteiger partial charge on any atom is 0.233 e. The highest BCUT2D eigenvalue weighted by molar-refractivity contribution is 8.00. The predicted octanol–water partition coefficient (Wildman–Crippen LogP) is 1.65. The van der Waals surface area contributed by atoms with Gasteiger partial charge < -0.3 is 19.4 Å². The summed E-state index contributed by atoms with van der Waals surface area (Å²) in [6.07, 6.45) is 0. The van der Waals surface area contributed by atoms with E-state index in [9.17, 15) is 4.79 Å². The second-order valence-corrected chi connectivity index (χ2v) is 6.56. The van der Waals surface area contributed by atoms with Crippen LogP contribution in [-0.2, 0) is 18.4 Å². The topological polar surface area (TPSA) is 78.3 Å². The Bertz CT molecular complexity index is 732. The maximum atomic E-state index is 12.2. The highest BCUT2D eigenvalue weighted by Gasteiger charge is 2.18. The minimum Gasteiger partial charge on any atom is -0.454 e. The number of hydrogen-bond donors (Lipinski definition) is 1. The molecule has 2 heterocycles. The SMILES string of the molecule is Cc1nnc(S[C@@H](C)C(=O)NCc2ccc3c(c2)OCO3)n1C. The molecule has 1 N–H and O–H groups in total. The first-order valence-electron chi connectivity index (χ1n) is 7.23. The van der Waals surface area contributed by atoms with E-state index in [0.717, 1.165) is 22.3 Å². The number of benzene rings is 1. The van der Waals surface area contributed by atoms with Crippen molar-refractivity contribution in [2.24, 2.45) is 7.05 Å². The lowest BCUT2D eigenvalue weighted by atomic mass is 10.2. The zero-order valence-electron chi connectivity index (χ0n) is 13.2. The van der Waals surface area contributed by atoms with Gasteiger partial charge in [0.15, 0.2) is 16.7 Å². The molecule has 7 nitrogen and oxygen atoms in total. The van der Waals surface area contributed by atoms with E-state index in [4.69, 9.17) is 9.47 Å². The van der Waals surface area contributed by atoms with Crippen LogP contribution in [0.4, 0.5) is 0 Å². The number of rotatable bonds is 5. The number of carbonyl (C=O) groups excluding carboxylic acids is 1. The van der Waals surface area contributed by atoms with Gasteiger partial charge in [-0.15, -0.1) is 10.2 Å². The summed E-state index contributed by atoms with van der Waals surface area (Å²) in [6, 6.07) is 5.65. The number of aromatic nitrogens is 3. The highest BCUT2D eigenvalue weighted by Crippen LogP contribution is 2.32. The number of amides is 1. The summed E-state index contributed by atoms with van der Waals surface area (Å²) < 4.78 is 12.5. The second kappa shape index (κ2) is 6.49. The molecule has 0 fully saturated rings. The molecule has 0 unspecified atom stereocenters. The van der Waals surface area contributed by atoms with E-state index in [-0.39, 0.29) is 18.0 Å². The summed E-state index contributed by atoms with van der Waals surface area (Å²) in [5.74, 6) is 2.23. The largest absolute Gasteiger partial charge is 0.454 e. The molecule has 8 heteroatoms. The van der Waals surface area contributed by atoms with Crippen LogP contribution < -0.4 is 14.8 Å². The Labute approximate surface area is 138 Å². The number of carbonyl (C=O) groups is 1. The molecule has 1 aromatic heterocycles. The van der Waals surface area contributed by atoms with Crippen molar-refractivity contribution in [2.75, 3.05) is 6.79 Å². The van der Waals surface area contributed by atoms with E-state index in [1.165, 1.54) is 11.8 Å². The summed E-state index contributed by atoms with van der Waals surface area (Å²) in [6.45, 7) is 4.42. The molecule has 0 radical (unpaired) electrons. The second-order valence-electron chi connectivity index (χ2n) is 5.25. The van der Waals surface area contributed by atoms with Gasteiger partial charge in [-0.25, -0.2) is 0 Å². The zero-order chi connectivity index (χ0) is 16.4. The number of nitrogens with zero attached hydrogens (tertiary/aromatic N) is 3. The van der Waals surface area contributed by atoms with Gasteiger partial charge in [-0.05, 0) is 31.5 Å². The lowest BCUT2D eigenvalue weighted by molar-refractivity contribution is -0.120. The van der Waals surface area contributed by atoms with E-state index >= 15 is 0 Å². The molecule has 1 aromatic carbocycles. The Morgan fingerprint density at radius 3 is 2.91 bits per heavy atom. The Hall–Kier alpha value is -2.22. The predicted molar refractivity (Wildman–Crippen MR) is 85.5 cm³/mol. The van der Waals surface area contributed by atoms with E-state index < -0.39 is 0 Å². The van der Waals surface area contributed by atoms with Crippen molar-refractivity contribution in [3.63, 3.8) is 0 Å². The quantitative estimate of drug-likeness (QED) is 0.838. The van der Waals surface area contributed by atoms with Gasteiger partial charge in [-0.2, -0.15) is 0 Å². The van der Waals surface area contributed by atoms with Crippen LogP contribution in [0.5, 0.6) is 11.5 Å². The molecule has 23 heavy (non-hydrogen) atoms. The van der Waals surface area contributed by atoms with Gasteiger partial charge >= 0.3 is 0 Å². The number of thioether (sulfide) groups is 1. The summed E-state index contributed by atoms with van der Waals surface area (Å²) in [5.41, 5.74) is 0.967. The van der Waals surface area contributed by atoms with Gasteiger partial charge in [0.2, 0.25) is 12.7 Å². The number of fused-ring (bicyclic) bond motifs is 1. The molecule has 1 aliphatic rings. The van der Waals surface area contributed by atoms with E-state index in [1.807, 2.05) is 43.7 Å². The maximum absolute atomic E-state index is 12.2. The molecule has 122 valence electrons. The first-order chi connectivity index (χ1) is 11.0. The van der Waals surface area contributed by atoms with Gasteiger partial charge in [0, 0.05) is 13.6 Å². The molecular formula is C15H18N4O3S. The standard InChI is InChI=1S/C15H18N4O3S/c1-9(23-15-18-17-10(2)19(15)3)14(20)16-7-11-4-5-12-13(6-11)22-8-21-12/h4-6,9H,7-8H2,1-3H3,(H,16,20)/t9-/m0/s1. The number of ether oxygens (including phenoxy) is 2. The lowest BCUT2D eigenvalue weighted by Gasteiger charge is -2.11. The molecule has 1 atom stereocenters. The van der Waals surface area contributed by atoms with Crippen molar-refractivity contribution in [1.82, 2.24) is 20.1 Å². The minimum absolute atomic E-state index is 0.0479. The number of aryl methyl sites for hydroxylation is 1. The van der Waals surface area contributed by atoms with Crippen LogP contribution in [0.25, 0.3) is 0 Å². The number of hydrogen-bond acceptors (Lipinski definition) is 6. The molecule has 0 aliphatic carbocycles. The molecule has 2 aromatic rings. The van der Waals surface area contributed by atoms with Gasteiger partial charge in [0.05, 0.1) is 5.25 Å². The minimum atomic E-state index is -0.258. The third-order valence-corrected chi connectivity index (χ3v) is 4.74. The normalized spacial score (nSPS) is 13.9. The number of nitrogens with one attached hydrogen (secondary N) is 1. The molecular weight excluding hydrogens is 316 g/mol. The van der Waals surface area contributed by atoms with Crippen molar-refractivity contribution >= 4 is 17.7 Å². The third kappa shape index (κ3) is 3.42. The summed E-state index contributed by atoms with van der Waals surface area (Å²) in [5, 5.41) is 11.4. The summed E-state index contributed by atoms with van der Waals surface area (Å²) >= 11 is 1.39. The fraction of sp³-hybridized carbons (Fsp3) is 0.400. The first-order valence-corrected chi connectivity index (χ1v) is 8.11. The van der Waals surface area contributed by atoms with Crippen molar-refractivity contribution in [2.45, 2.75) is 30.8 Å². The van der Waals surface area contributed by atoms with E-state index in [1.54, 1.807) is 0 Å². The summed E-state index contributed by atoms with van der Waals surface area (Å²) in [7, 11) is 1.88. The Morgan fingerprint density at radius 1 is 1.39 bits per heavy atom. The van der Waals surface area contributed by atoms with Gasteiger partial charge in [0.25, 0.3) is 0 Å². The van der Waals surface area contributed by atoms with E-state index in [2.05, 4.69) is 15.5 Å². The summed E-state index contributed by atoms with van der Waals surface area (Å²) in [4.78, 5) is 12.2. The monoisotopic (exact) mass is 334 g/mol. The Kier molecular flexibility index (Phi) is 4.42. The van der Waals surface area contributed by atoms with Crippen molar-refractivity contribution in [1.29, 1.82) is 0 Å². The van der Waals surface area contributed by atoms with Crippen LogP contribution in [0.15, 0.2) is 23.4 Å². The molecule has 0 saturated carbocycles. The molecule has 0 saturated heterocycles. The van der Waals surface area contributed by atoms with Crippen LogP contribution in [0, 0.1) is 6.92 Å². The first kappa shape index (κ1) is 15.7. The molecule has 1 amide bonds. The zero-order valence-corrected chi connectivity index (χ0v) is 14.0. The fourth-order valence-corrected chi connectivity index (χ4v) is 2.97. The fourth-order valence-electron chi connectivity index (χ4n) is 2.09. The van der Waals surface area contributed by atoms with Crippen molar-refractivity contribution < 1.29 is 14.3 Å². The van der Waals surface area contributed by atoms with Gasteiger partial charge in [-0.1, -0.05) is 17.8 Å². The average Bonchev–Trinajstić information content (AvgIpc) is 3.13. The van der Waals surface area contributed by atoms with Crippen molar-refractivity contribution in [3.8, 4) is 11.5 Å². The van der Waals surface area contributed by atoms with Crippen LogP contribution in [0.1, 0.15) is 18.3 Å². The van der Waals surface area contributed by atoms with E-state index in [0.29, 0.717) is 12.3 Å². The van der Waals surface area contributed by atoms with Gasteiger partial charge in [0.1, 0.15) is 5.82 Å². The van der Waals surface area contributed by atoms with Crippen LogP contribution in [0.3, 0.4) is 0 Å². The van der Waals surface area contributed by atoms with Crippen molar-refractivity contribution in [3.05, 3.63) is 29.6 Å². The third-order valence-electron chi connectivity index (χ3n) is 3.61. The molecule has 0 bridgehead atoms. The van der Waals surface area contributed by atoms with Gasteiger partial charge in [-0.3, -0.25) is 4.79 Å². The Balaban J connectivity index is 1.55. The van der Waals surface area contributed by atoms with Crippen LogP contribution in [-0.4, -0.2) is 32.7 Å². The van der Waals surface area contributed by atoms with Crippen LogP contribution in [0.2, 0.25) is 0 Å². The Morgan fingerprint density at radius 2 is 2.17 bits per heavy atom. The smallest absolute Gasteiger partial charge is 0.233 e. The van der Waals surface area contributed by atoms with Crippen LogP contribution >= 0.6 is 11.8 Å². The highest BCUT2D eigenvalue weighted by atomic mass is 32.2.